The minimum atomic E-state index is -0.534. The molecule has 0 aliphatic carbocycles. The van der Waals surface area contributed by atoms with Gasteiger partial charge in [-0.1, -0.05) is 41.9 Å². The summed E-state index contributed by atoms with van der Waals surface area (Å²) in [4.78, 5) is 11.8. The second kappa shape index (κ2) is 6.77. The Morgan fingerprint density at radius 1 is 1.30 bits per heavy atom. The van der Waals surface area contributed by atoms with Crippen molar-refractivity contribution < 1.29 is 13.9 Å². The predicted octanol–water partition coefficient (Wildman–Crippen LogP) is 4.56. The first-order chi connectivity index (χ1) is 9.61. The molecule has 20 heavy (non-hydrogen) atoms. The molecule has 0 saturated carbocycles. The minimum Gasteiger partial charge on any atom is -0.465 e. The Kier molecular flexibility index (Phi) is 5.04. The summed E-state index contributed by atoms with van der Waals surface area (Å²) in [5, 5.41) is -0.0801. The number of benzene rings is 2. The van der Waals surface area contributed by atoms with Crippen LogP contribution in [0.15, 0.2) is 47.4 Å². The van der Waals surface area contributed by atoms with Crippen molar-refractivity contribution in [2.45, 2.75) is 10.6 Å². The lowest BCUT2D eigenvalue weighted by Gasteiger charge is -2.07. The van der Waals surface area contributed by atoms with Gasteiger partial charge in [-0.3, -0.25) is 0 Å². The van der Waals surface area contributed by atoms with Crippen molar-refractivity contribution in [2.75, 3.05) is 7.11 Å². The Morgan fingerprint density at radius 3 is 2.65 bits per heavy atom. The van der Waals surface area contributed by atoms with Crippen LogP contribution in [0.2, 0.25) is 5.02 Å². The number of halogens is 2. The summed E-state index contributed by atoms with van der Waals surface area (Å²) in [7, 11) is 1.27. The third-order valence-corrected chi connectivity index (χ3v) is 4.01. The molecule has 0 heterocycles. The molecule has 0 aliphatic rings. The second-order valence-electron chi connectivity index (χ2n) is 4.04. The van der Waals surface area contributed by atoms with Crippen molar-refractivity contribution in [3.8, 4) is 0 Å². The number of carbonyl (C=O) groups is 1. The number of thioether (sulfide) groups is 1. The minimum absolute atomic E-state index is 0.0801. The Hall–Kier alpha value is -1.52. The molecule has 2 nitrogen and oxygen atoms in total. The SMILES string of the molecule is COC(=O)c1cc(Cl)c(F)c(SCc2ccccc2)c1. The number of hydrogen-bond acceptors (Lipinski definition) is 3. The van der Waals surface area contributed by atoms with Gasteiger partial charge >= 0.3 is 5.97 Å². The molecule has 0 unspecified atom stereocenters. The van der Waals surface area contributed by atoms with Gasteiger partial charge in [0, 0.05) is 10.6 Å². The number of carbonyl (C=O) groups excluding carboxylic acids is 1. The van der Waals surface area contributed by atoms with Gasteiger partial charge in [0.2, 0.25) is 0 Å². The number of hydrogen-bond donors (Lipinski definition) is 0. The number of methoxy groups -OCH3 is 1. The van der Waals surface area contributed by atoms with Gasteiger partial charge in [0.15, 0.2) is 5.82 Å². The van der Waals surface area contributed by atoms with Crippen molar-refractivity contribution in [3.63, 3.8) is 0 Å². The summed E-state index contributed by atoms with van der Waals surface area (Å²) in [6, 6.07) is 12.4. The smallest absolute Gasteiger partial charge is 0.337 e. The van der Waals surface area contributed by atoms with Crippen molar-refractivity contribution >= 4 is 29.3 Å². The van der Waals surface area contributed by atoms with Crippen LogP contribution in [0.4, 0.5) is 4.39 Å². The quantitative estimate of drug-likeness (QED) is 0.612. The summed E-state index contributed by atoms with van der Waals surface area (Å²) in [5.41, 5.74) is 1.31. The van der Waals surface area contributed by atoms with E-state index in [0.717, 1.165) is 5.56 Å². The van der Waals surface area contributed by atoms with Gasteiger partial charge in [0.25, 0.3) is 0 Å². The molecule has 0 amide bonds. The molecule has 2 rings (SSSR count). The molecule has 0 atom stereocenters. The van der Waals surface area contributed by atoms with Crippen LogP contribution in [0.3, 0.4) is 0 Å². The van der Waals surface area contributed by atoms with Crippen LogP contribution >= 0.6 is 23.4 Å². The summed E-state index contributed by atoms with van der Waals surface area (Å²) in [6.45, 7) is 0. The van der Waals surface area contributed by atoms with Gasteiger partial charge in [-0.2, -0.15) is 0 Å². The van der Waals surface area contributed by atoms with Crippen LogP contribution < -0.4 is 0 Å². The van der Waals surface area contributed by atoms with E-state index < -0.39 is 11.8 Å². The molecule has 0 bridgehead atoms. The zero-order chi connectivity index (χ0) is 14.5. The summed E-state index contributed by atoms with van der Waals surface area (Å²) in [6.07, 6.45) is 0. The fourth-order valence-corrected chi connectivity index (χ4v) is 2.88. The zero-order valence-electron chi connectivity index (χ0n) is 10.7. The molecule has 0 saturated heterocycles. The maximum absolute atomic E-state index is 13.9. The standard InChI is InChI=1S/C15H12ClFO2S/c1-19-15(18)11-7-12(16)14(17)13(8-11)20-9-10-5-3-2-4-6-10/h2-8H,9H2,1H3. The van der Waals surface area contributed by atoms with Gasteiger partial charge in [-0.05, 0) is 17.7 Å². The third kappa shape index (κ3) is 3.52. The Labute approximate surface area is 125 Å². The van der Waals surface area contributed by atoms with Gasteiger partial charge < -0.3 is 4.74 Å². The highest BCUT2D eigenvalue weighted by Gasteiger charge is 2.14. The fourth-order valence-electron chi connectivity index (χ4n) is 1.64. The van der Waals surface area contributed by atoms with Gasteiger partial charge in [0.1, 0.15) is 0 Å². The van der Waals surface area contributed by atoms with Gasteiger partial charge in [-0.25, -0.2) is 9.18 Å². The first-order valence-electron chi connectivity index (χ1n) is 5.86. The van der Waals surface area contributed by atoms with E-state index in [1.54, 1.807) is 0 Å². The number of ether oxygens (including phenoxy) is 1. The maximum Gasteiger partial charge on any atom is 0.337 e. The second-order valence-corrected chi connectivity index (χ2v) is 5.46. The highest BCUT2D eigenvalue weighted by Crippen LogP contribution is 2.31. The van der Waals surface area contributed by atoms with E-state index in [-0.39, 0.29) is 10.6 Å². The van der Waals surface area contributed by atoms with E-state index in [1.165, 1.54) is 31.0 Å². The van der Waals surface area contributed by atoms with E-state index in [2.05, 4.69) is 4.74 Å². The molecular weight excluding hydrogens is 299 g/mol. The lowest BCUT2D eigenvalue weighted by molar-refractivity contribution is 0.0600. The molecule has 2 aromatic carbocycles. The predicted molar refractivity (Wildman–Crippen MR) is 78.8 cm³/mol. The third-order valence-electron chi connectivity index (χ3n) is 2.65. The average molecular weight is 311 g/mol. The molecule has 2 aromatic rings. The maximum atomic E-state index is 13.9. The zero-order valence-corrected chi connectivity index (χ0v) is 12.3. The normalized spacial score (nSPS) is 10.3. The van der Waals surface area contributed by atoms with E-state index in [1.807, 2.05) is 30.3 Å². The molecule has 0 spiro atoms. The molecule has 0 aromatic heterocycles. The lowest BCUT2D eigenvalue weighted by atomic mass is 10.2. The van der Waals surface area contributed by atoms with Crippen molar-refractivity contribution in [1.82, 2.24) is 0 Å². The Morgan fingerprint density at radius 2 is 2.00 bits per heavy atom. The van der Waals surface area contributed by atoms with Crippen LogP contribution in [0.1, 0.15) is 15.9 Å². The Bertz CT molecular complexity index is 617. The summed E-state index contributed by atoms with van der Waals surface area (Å²) >= 11 is 7.09. The van der Waals surface area contributed by atoms with Crippen molar-refractivity contribution in [3.05, 3.63) is 64.4 Å². The number of esters is 1. The van der Waals surface area contributed by atoms with E-state index in [4.69, 9.17) is 11.6 Å². The van der Waals surface area contributed by atoms with E-state index in [0.29, 0.717) is 10.6 Å². The van der Waals surface area contributed by atoms with Crippen LogP contribution in [0, 0.1) is 5.82 Å². The summed E-state index contributed by atoms with van der Waals surface area (Å²) in [5.74, 6) is -0.452. The summed E-state index contributed by atoms with van der Waals surface area (Å²) < 4.78 is 18.6. The Balaban J connectivity index is 2.22. The average Bonchev–Trinajstić information content (AvgIpc) is 2.48. The van der Waals surface area contributed by atoms with E-state index in [9.17, 15) is 9.18 Å². The highest BCUT2D eigenvalue weighted by molar-refractivity contribution is 7.98. The molecule has 0 fully saturated rings. The lowest BCUT2D eigenvalue weighted by Crippen LogP contribution is -2.02. The fraction of sp³-hybridized carbons (Fsp3) is 0.133. The largest absolute Gasteiger partial charge is 0.465 e. The van der Waals surface area contributed by atoms with Gasteiger partial charge in [-0.15, -0.1) is 11.8 Å². The van der Waals surface area contributed by atoms with Crippen LogP contribution in [0.5, 0.6) is 0 Å². The van der Waals surface area contributed by atoms with Crippen LogP contribution in [-0.4, -0.2) is 13.1 Å². The van der Waals surface area contributed by atoms with Crippen molar-refractivity contribution in [1.29, 1.82) is 0 Å². The monoisotopic (exact) mass is 310 g/mol. The van der Waals surface area contributed by atoms with Crippen molar-refractivity contribution in [2.24, 2.45) is 0 Å². The van der Waals surface area contributed by atoms with Gasteiger partial charge in [0.05, 0.1) is 17.7 Å². The highest BCUT2D eigenvalue weighted by atomic mass is 35.5. The molecule has 104 valence electrons. The molecule has 5 heteroatoms. The first-order valence-corrected chi connectivity index (χ1v) is 7.22. The molecule has 0 aliphatic heterocycles. The topological polar surface area (TPSA) is 26.3 Å². The van der Waals surface area contributed by atoms with E-state index >= 15 is 0 Å². The molecular formula is C15H12ClFO2S. The van der Waals surface area contributed by atoms with Crippen LogP contribution in [0.25, 0.3) is 0 Å². The van der Waals surface area contributed by atoms with Crippen LogP contribution in [-0.2, 0) is 10.5 Å². The number of rotatable bonds is 4. The molecule has 0 N–H and O–H groups in total. The molecule has 0 radical (unpaired) electrons. The first kappa shape index (κ1) is 14.9.